The van der Waals surface area contributed by atoms with Gasteiger partial charge in [-0.15, -0.1) is 0 Å². The number of ether oxygens (including phenoxy) is 1. The highest BCUT2D eigenvalue weighted by molar-refractivity contribution is 9.10. The number of hydrogen-bond donors (Lipinski definition) is 0. The van der Waals surface area contributed by atoms with Gasteiger partial charge in [0.1, 0.15) is 5.75 Å². The third-order valence-corrected chi connectivity index (χ3v) is 2.69. The first-order valence-corrected chi connectivity index (χ1v) is 5.58. The van der Waals surface area contributed by atoms with Crippen LogP contribution in [-0.4, -0.2) is 9.97 Å². The molecule has 3 nitrogen and oxygen atoms in total. The predicted molar refractivity (Wildman–Crippen MR) is 61.3 cm³/mol. The quantitative estimate of drug-likeness (QED) is 0.837. The van der Waals surface area contributed by atoms with E-state index in [1.807, 2.05) is 0 Å². The Hall–Kier alpha value is -1.63. The Morgan fingerprint density at radius 2 is 1.78 bits per heavy atom. The van der Waals surface area contributed by atoms with Crippen LogP contribution in [0.4, 0.5) is 13.2 Å². The summed E-state index contributed by atoms with van der Waals surface area (Å²) in [6, 6.07) is 5.13. The first-order valence-electron chi connectivity index (χ1n) is 4.78. The molecule has 94 valence electrons. The topological polar surface area (TPSA) is 35.0 Å². The summed E-state index contributed by atoms with van der Waals surface area (Å²) in [5, 5.41) is 0. The molecule has 2 rings (SSSR count). The monoisotopic (exact) mass is 318 g/mol. The van der Waals surface area contributed by atoms with Crippen LogP contribution in [0.5, 0.6) is 11.8 Å². The number of rotatable bonds is 2. The highest BCUT2D eigenvalue weighted by Gasteiger charge is 2.33. The third-order valence-electron chi connectivity index (χ3n) is 1.99. The fourth-order valence-electron chi connectivity index (χ4n) is 1.23. The van der Waals surface area contributed by atoms with Gasteiger partial charge in [-0.2, -0.15) is 13.2 Å². The zero-order chi connectivity index (χ0) is 13.2. The van der Waals surface area contributed by atoms with Crippen molar-refractivity contribution in [2.75, 3.05) is 0 Å². The molecule has 1 aromatic carbocycles. The second kappa shape index (κ2) is 4.93. The Kier molecular flexibility index (Phi) is 3.51. The Morgan fingerprint density at radius 1 is 1.11 bits per heavy atom. The Bertz CT molecular complexity index is 546. The minimum atomic E-state index is -4.45. The number of alkyl halides is 3. The van der Waals surface area contributed by atoms with Crippen LogP contribution in [0.25, 0.3) is 0 Å². The summed E-state index contributed by atoms with van der Waals surface area (Å²) in [7, 11) is 0. The maximum Gasteiger partial charge on any atom is 0.417 e. The first kappa shape index (κ1) is 12.8. The standard InChI is InChI=1S/C11H6BrF3N2O/c12-9-3-2-7(6-8(9)11(13,14)15)18-10-16-4-1-5-17-10/h1-6H. The number of halogens is 4. The molecule has 0 bridgehead atoms. The largest absolute Gasteiger partial charge is 0.424 e. The fourth-order valence-corrected chi connectivity index (χ4v) is 1.70. The summed E-state index contributed by atoms with van der Waals surface area (Å²) in [6.45, 7) is 0. The molecule has 0 unspecified atom stereocenters. The van der Waals surface area contributed by atoms with Crippen molar-refractivity contribution in [3.05, 3.63) is 46.7 Å². The molecule has 1 aromatic heterocycles. The molecule has 0 amide bonds. The SMILES string of the molecule is FC(F)(F)c1cc(Oc2ncccn2)ccc1Br. The normalized spacial score (nSPS) is 11.3. The van der Waals surface area contributed by atoms with E-state index in [1.165, 1.54) is 24.5 Å². The summed E-state index contributed by atoms with van der Waals surface area (Å²) in [5.74, 6) is 0.0247. The minimum absolute atomic E-state index is 0.00653. The van der Waals surface area contributed by atoms with Gasteiger partial charge in [0.2, 0.25) is 0 Å². The van der Waals surface area contributed by atoms with Crippen LogP contribution in [0.3, 0.4) is 0 Å². The maximum atomic E-state index is 12.7. The Morgan fingerprint density at radius 3 is 2.39 bits per heavy atom. The molecule has 0 saturated heterocycles. The lowest BCUT2D eigenvalue weighted by atomic mass is 10.2. The lowest BCUT2D eigenvalue weighted by Gasteiger charge is -2.10. The molecule has 0 spiro atoms. The lowest BCUT2D eigenvalue weighted by Crippen LogP contribution is -2.06. The van der Waals surface area contributed by atoms with E-state index in [0.29, 0.717) is 0 Å². The van der Waals surface area contributed by atoms with Crippen LogP contribution in [0, 0.1) is 0 Å². The molecule has 0 aliphatic carbocycles. The van der Waals surface area contributed by atoms with Crippen molar-refractivity contribution >= 4 is 15.9 Å². The second-order valence-corrected chi connectivity index (χ2v) is 4.13. The van der Waals surface area contributed by atoms with Gasteiger partial charge in [-0.1, -0.05) is 15.9 Å². The van der Waals surface area contributed by atoms with Gasteiger partial charge < -0.3 is 4.74 Å². The lowest BCUT2D eigenvalue weighted by molar-refractivity contribution is -0.138. The van der Waals surface area contributed by atoms with Crippen LogP contribution < -0.4 is 4.74 Å². The van der Waals surface area contributed by atoms with Gasteiger partial charge in [-0.25, -0.2) is 9.97 Å². The molecule has 7 heteroatoms. The first-order chi connectivity index (χ1) is 8.47. The number of hydrogen-bond acceptors (Lipinski definition) is 3. The smallest absolute Gasteiger partial charge is 0.417 e. The molecule has 0 aliphatic rings. The van der Waals surface area contributed by atoms with Crippen molar-refractivity contribution in [1.29, 1.82) is 0 Å². The van der Waals surface area contributed by atoms with Crippen molar-refractivity contribution < 1.29 is 17.9 Å². The summed E-state index contributed by atoms with van der Waals surface area (Å²) < 4.78 is 43.0. The summed E-state index contributed by atoms with van der Waals surface area (Å²) in [5.41, 5.74) is -0.809. The Balaban J connectivity index is 2.31. The van der Waals surface area contributed by atoms with Crippen LogP contribution in [0.2, 0.25) is 0 Å². The van der Waals surface area contributed by atoms with E-state index >= 15 is 0 Å². The van der Waals surface area contributed by atoms with E-state index in [9.17, 15) is 13.2 Å². The summed E-state index contributed by atoms with van der Waals surface area (Å²) in [4.78, 5) is 7.52. The van der Waals surface area contributed by atoms with Gasteiger partial charge in [0.05, 0.1) is 5.56 Å². The average molecular weight is 319 g/mol. The van der Waals surface area contributed by atoms with Crippen LogP contribution in [0.15, 0.2) is 41.1 Å². The number of benzene rings is 1. The summed E-state index contributed by atoms with van der Waals surface area (Å²) >= 11 is 2.84. The minimum Gasteiger partial charge on any atom is -0.424 e. The van der Waals surface area contributed by atoms with E-state index in [1.54, 1.807) is 6.07 Å². The highest BCUT2D eigenvalue weighted by atomic mass is 79.9. The second-order valence-electron chi connectivity index (χ2n) is 3.27. The van der Waals surface area contributed by atoms with Gasteiger partial charge in [0.25, 0.3) is 0 Å². The number of nitrogens with zero attached hydrogens (tertiary/aromatic N) is 2. The van der Waals surface area contributed by atoms with Gasteiger partial charge in [0.15, 0.2) is 0 Å². The highest BCUT2D eigenvalue weighted by Crippen LogP contribution is 2.37. The van der Waals surface area contributed by atoms with Crippen molar-refractivity contribution in [3.8, 4) is 11.8 Å². The van der Waals surface area contributed by atoms with Gasteiger partial charge in [-0.3, -0.25) is 0 Å². The molecule has 0 fully saturated rings. The average Bonchev–Trinajstić information content (AvgIpc) is 2.31. The molecule has 0 atom stereocenters. The van der Waals surface area contributed by atoms with E-state index < -0.39 is 11.7 Å². The molecule has 18 heavy (non-hydrogen) atoms. The molecular formula is C11H6BrF3N2O. The number of aromatic nitrogens is 2. The molecular weight excluding hydrogens is 313 g/mol. The van der Waals surface area contributed by atoms with E-state index in [0.717, 1.165) is 6.07 Å². The van der Waals surface area contributed by atoms with E-state index in [2.05, 4.69) is 25.9 Å². The van der Waals surface area contributed by atoms with Gasteiger partial charge in [-0.05, 0) is 24.3 Å². The van der Waals surface area contributed by atoms with E-state index in [-0.39, 0.29) is 16.2 Å². The molecule has 0 N–H and O–H groups in total. The van der Waals surface area contributed by atoms with Crippen molar-refractivity contribution in [1.82, 2.24) is 9.97 Å². The third kappa shape index (κ3) is 2.98. The molecule has 0 radical (unpaired) electrons. The van der Waals surface area contributed by atoms with E-state index in [4.69, 9.17) is 4.74 Å². The van der Waals surface area contributed by atoms with Crippen molar-refractivity contribution in [2.45, 2.75) is 6.18 Å². The van der Waals surface area contributed by atoms with Crippen molar-refractivity contribution in [3.63, 3.8) is 0 Å². The van der Waals surface area contributed by atoms with Gasteiger partial charge >= 0.3 is 12.2 Å². The van der Waals surface area contributed by atoms with Crippen LogP contribution in [0.1, 0.15) is 5.56 Å². The van der Waals surface area contributed by atoms with Crippen LogP contribution >= 0.6 is 15.9 Å². The Labute approximate surface area is 109 Å². The predicted octanol–water partition coefficient (Wildman–Crippen LogP) is 4.05. The molecule has 1 heterocycles. The molecule has 0 saturated carbocycles. The maximum absolute atomic E-state index is 12.7. The zero-order valence-corrected chi connectivity index (χ0v) is 10.4. The summed E-state index contributed by atoms with van der Waals surface area (Å²) in [6.07, 6.45) is -1.58. The fraction of sp³-hybridized carbons (Fsp3) is 0.0909. The van der Waals surface area contributed by atoms with Crippen molar-refractivity contribution in [2.24, 2.45) is 0 Å². The van der Waals surface area contributed by atoms with Gasteiger partial charge in [0, 0.05) is 16.9 Å². The molecule has 2 aromatic rings. The van der Waals surface area contributed by atoms with Crippen LogP contribution in [-0.2, 0) is 6.18 Å². The zero-order valence-electron chi connectivity index (χ0n) is 8.78. The molecule has 0 aliphatic heterocycles.